The van der Waals surface area contributed by atoms with Gasteiger partial charge in [-0.25, -0.2) is 0 Å². The highest BCUT2D eigenvalue weighted by atomic mass is 32.1. The number of thiophene rings is 2. The van der Waals surface area contributed by atoms with Crippen molar-refractivity contribution < 1.29 is 14.3 Å². The fourth-order valence-corrected chi connectivity index (χ4v) is 5.31. The van der Waals surface area contributed by atoms with Gasteiger partial charge in [-0.3, -0.25) is 9.59 Å². The molecule has 132 valence electrons. The second kappa shape index (κ2) is 7.27. The first-order valence-electron chi connectivity index (χ1n) is 8.61. The monoisotopic (exact) mass is 376 g/mol. The molecule has 1 aliphatic carbocycles. The molecule has 2 aliphatic rings. The van der Waals surface area contributed by atoms with Crippen molar-refractivity contribution in [2.24, 2.45) is 0 Å². The van der Waals surface area contributed by atoms with Gasteiger partial charge >= 0.3 is 0 Å². The Kier molecular flexibility index (Phi) is 4.87. The van der Waals surface area contributed by atoms with Crippen LogP contribution in [0.15, 0.2) is 17.5 Å². The maximum Gasteiger partial charge on any atom is 0.266 e. The number of carbonyl (C=O) groups excluding carboxylic acids is 2. The van der Waals surface area contributed by atoms with E-state index in [2.05, 4.69) is 10.6 Å². The molecule has 1 atom stereocenters. The lowest BCUT2D eigenvalue weighted by Crippen LogP contribution is -2.32. The van der Waals surface area contributed by atoms with E-state index in [-0.39, 0.29) is 17.9 Å². The lowest BCUT2D eigenvalue weighted by atomic mass is 10.1. The van der Waals surface area contributed by atoms with Crippen molar-refractivity contribution in [2.75, 3.05) is 18.5 Å². The summed E-state index contributed by atoms with van der Waals surface area (Å²) in [5.41, 5.74) is 1.76. The zero-order chi connectivity index (χ0) is 17.2. The molecular weight excluding hydrogens is 356 g/mol. The molecule has 0 bridgehead atoms. The highest BCUT2D eigenvalue weighted by molar-refractivity contribution is 7.17. The molecule has 0 spiro atoms. The predicted octanol–water partition coefficient (Wildman–Crippen LogP) is 3.46. The molecule has 1 fully saturated rings. The Morgan fingerprint density at radius 3 is 2.92 bits per heavy atom. The third-order valence-electron chi connectivity index (χ3n) is 4.63. The van der Waals surface area contributed by atoms with Crippen molar-refractivity contribution >= 4 is 39.5 Å². The summed E-state index contributed by atoms with van der Waals surface area (Å²) >= 11 is 2.94. The molecule has 2 N–H and O–H groups in total. The van der Waals surface area contributed by atoms with Crippen LogP contribution in [0.2, 0.25) is 0 Å². The van der Waals surface area contributed by atoms with E-state index in [0.717, 1.165) is 44.3 Å². The molecule has 2 amide bonds. The fraction of sp³-hybridized carbons (Fsp3) is 0.444. The molecule has 1 unspecified atom stereocenters. The highest BCUT2D eigenvalue weighted by Crippen LogP contribution is 2.39. The van der Waals surface area contributed by atoms with E-state index < -0.39 is 0 Å². The number of nitrogens with one attached hydrogen (secondary N) is 2. The normalized spacial score (nSPS) is 19.0. The maximum atomic E-state index is 12.8. The van der Waals surface area contributed by atoms with Crippen LogP contribution >= 0.6 is 22.7 Å². The van der Waals surface area contributed by atoms with Gasteiger partial charge in [-0.15, -0.1) is 22.7 Å². The average Bonchev–Trinajstić information content (AvgIpc) is 3.35. The number of ether oxygens (including phenoxy) is 1. The van der Waals surface area contributed by atoms with Gasteiger partial charge in [0, 0.05) is 18.0 Å². The molecule has 7 heteroatoms. The van der Waals surface area contributed by atoms with Crippen LogP contribution in [-0.4, -0.2) is 31.1 Å². The highest BCUT2D eigenvalue weighted by Gasteiger charge is 2.28. The first-order valence-corrected chi connectivity index (χ1v) is 10.3. The minimum Gasteiger partial charge on any atom is -0.376 e. The van der Waals surface area contributed by atoms with E-state index in [1.807, 2.05) is 11.4 Å². The van der Waals surface area contributed by atoms with Crippen molar-refractivity contribution in [3.8, 4) is 0 Å². The Morgan fingerprint density at radius 1 is 1.24 bits per heavy atom. The van der Waals surface area contributed by atoms with Crippen molar-refractivity contribution in [2.45, 2.75) is 38.2 Å². The van der Waals surface area contributed by atoms with Gasteiger partial charge in [0.2, 0.25) is 0 Å². The Labute approximate surface area is 154 Å². The van der Waals surface area contributed by atoms with Crippen molar-refractivity contribution in [1.29, 1.82) is 0 Å². The lowest BCUT2D eigenvalue weighted by Gasteiger charge is -2.12. The van der Waals surface area contributed by atoms with Crippen LogP contribution in [0.4, 0.5) is 5.00 Å². The molecule has 1 saturated heterocycles. The van der Waals surface area contributed by atoms with Gasteiger partial charge in [0.25, 0.3) is 11.8 Å². The molecule has 1 aliphatic heterocycles. The molecular formula is C18H20N2O3S2. The second-order valence-electron chi connectivity index (χ2n) is 6.34. The molecule has 5 nitrogen and oxygen atoms in total. The van der Waals surface area contributed by atoms with Crippen LogP contribution in [0, 0.1) is 0 Å². The molecule has 2 aromatic rings. The third-order valence-corrected chi connectivity index (χ3v) is 6.71. The van der Waals surface area contributed by atoms with Crippen molar-refractivity contribution in [1.82, 2.24) is 5.32 Å². The Bertz CT molecular complexity index is 777. The molecule has 4 rings (SSSR count). The van der Waals surface area contributed by atoms with E-state index in [1.54, 1.807) is 17.4 Å². The Morgan fingerprint density at radius 2 is 2.16 bits per heavy atom. The Hall–Kier alpha value is -1.70. The van der Waals surface area contributed by atoms with Gasteiger partial charge in [-0.05, 0) is 49.1 Å². The molecule has 25 heavy (non-hydrogen) atoms. The molecule has 2 aromatic heterocycles. The minimum absolute atomic E-state index is 0.101. The van der Waals surface area contributed by atoms with Gasteiger partial charge in [-0.1, -0.05) is 6.07 Å². The number of carbonyl (C=O) groups is 2. The summed E-state index contributed by atoms with van der Waals surface area (Å²) in [4.78, 5) is 27.1. The number of amides is 2. The Balaban J connectivity index is 1.53. The number of hydrogen-bond acceptors (Lipinski definition) is 5. The van der Waals surface area contributed by atoms with E-state index in [0.29, 0.717) is 22.0 Å². The SMILES string of the molecule is O=C(Nc1sc2c(c1C(=O)NCC1CCCO1)CCC2)c1cccs1. The number of anilines is 1. The molecule has 0 radical (unpaired) electrons. The average molecular weight is 377 g/mol. The van der Waals surface area contributed by atoms with Crippen LogP contribution in [0.1, 0.15) is 49.7 Å². The van der Waals surface area contributed by atoms with Crippen LogP contribution in [-0.2, 0) is 17.6 Å². The third kappa shape index (κ3) is 3.49. The van der Waals surface area contributed by atoms with E-state index in [1.165, 1.54) is 16.2 Å². The van der Waals surface area contributed by atoms with E-state index >= 15 is 0 Å². The topological polar surface area (TPSA) is 67.4 Å². The summed E-state index contributed by atoms with van der Waals surface area (Å²) in [6, 6.07) is 3.64. The standard InChI is InChI=1S/C18H20N2O3S2/c21-16(14-7-3-9-24-14)20-18-15(12-5-1-6-13(12)25-18)17(22)19-10-11-4-2-8-23-11/h3,7,9,11H,1-2,4-6,8,10H2,(H,19,22)(H,20,21). The molecule has 0 saturated carbocycles. The number of aryl methyl sites for hydroxylation is 1. The zero-order valence-electron chi connectivity index (χ0n) is 13.8. The summed E-state index contributed by atoms with van der Waals surface area (Å²) < 4.78 is 5.58. The number of hydrogen-bond donors (Lipinski definition) is 2. The van der Waals surface area contributed by atoms with E-state index in [9.17, 15) is 9.59 Å². The van der Waals surface area contributed by atoms with Crippen LogP contribution < -0.4 is 10.6 Å². The summed E-state index contributed by atoms with van der Waals surface area (Å²) in [6.07, 6.45) is 5.12. The summed E-state index contributed by atoms with van der Waals surface area (Å²) in [5.74, 6) is -0.250. The van der Waals surface area contributed by atoms with Gasteiger partial charge in [0.15, 0.2) is 0 Å². The predicted molar refractivity (Wildman–Crippen MR) is 99.9 cm³/mol. The first kappa shape index (κ1) is 16.8. The first-order chi connectivity index (χ1) is 12.2. The van der Waals surface area contributed by atoms with Gasteiger partial charge in [0.1, 0.15) is 5.00 Å². The molecule has 0 aromatic carbocycles. The summed E-state index contributed by atoms with van der Waals surface area (Å²) in [6.45, 7) is 1.30. The maximum absolute atomic E-state index is 12.8. The van der Waals surface area contributed by atoms with Crippen LogP contribution in [0.25, 0.3) is 0 Å². The number of rotatable bonds is 5. The minimum atomic E-state index is -0.150. The number of fused-ring (bicyclic) bond motifs is 1. The summed E-state index contributed by atoms with van der Waals surface area (Å²) in [7, 11) is 0. The van der Waals surface area contributed by atoms with Gasteiger partial charge < -0.3 is 15.4 Å². The second-order valence-corrected chi connectivity index (χ2v) is 8.39. The van der Waals surface area contributed by atoms with Crippen molar-refractivity contribution in [3.05, 3.63) is 38.4 Å². The van der Waals surface area contributed by atoms with Crippen LogP contribution in [0.5, 0.6) is 0 Å². The molecule has 3 heterocycles. The zero-order valence-corrected chi connectivity index (χ0v) is 15.4. The lowest BCUT2D eigenvalue weighted by molar-refractivity contribution is 0.0858. The quantitative estimate of drug-likeness (QED) is 0.840. The van der Waals surface area contributed by atoms with Crippen LogP contribution in [0.3, 0.4) is 0 Å². The summed E-state index contributed by atoms with van der Waals surface area (Å²) in [5, 5.41) is 8.50. The smallest absolute Gasteiger partial charge is 0.266 e. The van der Waals surface area contributed by atoms with Gasteiger partial charge in [0.05, 0.1) is 16.5 Å². The largest absolute Gasteiger partial charge is 0.376 e. The van der Waals surface area contributed by atoms with Crippen molar-refractivity contribution in [3.63, 3.8) is 0 Å². The fourth-order valence-electron chi connectivity index (χ4n) is 3.41. The van der Waals surface area contributed by atoms with E-state index in [4.69, 9.17) is 4.74 Å². The van der Waals surface area contributed by atoms with Gasteiger partial charge in [-0.2, -0.15) is 0 Å².